The molecule has 1 saturated heterocycles. The molecule has 0 amide bonds. The number of allylic oxidation sites excluding steroid dienone is 2. The molecule has 6 aliphatic rings. The van der Waals surface area contributed by atoms with E-state index >= 15 is 0 Å². The number of hydrogen-bond acceptors (Lipinski definition) is 6. The minimum absolute atomic E-state index is 0. The van der Waals surface area contributed by atoms with E-state index in [4.69, 9.17) is 14.0 Å². The van der Waals surface area contributed by atoms with Gasteiger partial charge in [0.05, 0.1) is 6.10 Å². The summed E-state index contributed by atoms with van der Waals surface area (Å²) in [5.41, 5.74) is -1.18. The van der Waals surface area contributed by atoms with Crippen molar-refractivity contribution in [3.63, 3.8) is 0 Å². The van der Waals surface area contributed by atoms with Crippen molar-refractivity contribution in [3.05, 3.63) is 24.3 Å². The van der Waals surface area contributed by atoms with Gasteiger partial charge < -0.3 is 4.55 Å². The maximum Gasteiger partial charge on any atom is 1.00 e. The summed E-state index contributed by atoms with van der Waals surface area (Å²) < 4.78 is 38.6. The van der Waals surface area contributed by atoms with Gasteiger partial charge >= 0.3 is 29.6 Å². The van der Waals surface area contributed by atoms with Crippen LogP contribution in [0.4, 0.5) is 0 Å². The molecule has 2 bridgehead atoms. The minimum Gasteiger partial charge on any atom is -0.726 e. The molecule has 2 heterocycles. The topological polar surface area (TPSA) is 84.9 Å². The second kappa shape index (κ2) is 9.72. The predicted molar refractivity (Wildman–Crippen MR) is 133 cm³/mol. The first-order valence-corrected chi connectivity index (χ1v) is 15.0. The second-order valence-corrected chi connectivity index (χ2v) is 14.2. The van der Waals surface area contributed by atoms with E-state index in [2.05, 4.69) is 65.8 Å². The largest absolute Gasteiger partial charge is 1.00 e. The molecule has 0 radical (unpaired) electrons. The van der Waals surface area contributed by atoms with Crippen LogP contribution in [0.2, 0.25) is 0 Å². The van der Waals surface area contributed by atoms with Crippen molar-refractivity contribution in [1.29, 1.82) is 0 Å². The first-order valence-electron chi connectivity index (χ1n) is 13.7. The third kappa shape index (κ3) is 4.36. The minimum atomic E-state index is -4.75. The van der Waals surface area contributed by atoms with Crippen molar-refractivity contribution < 1.29 is 56.5 Å². The van der Waals surface area contributed by atoms with Gasteiger partial charge in [0.1, 0.15) is 11.2 Å². The Morgan fingerprint density at radius 3 is 2.31 bits per heavy atom. The molecule has 198 valence electrons. The van der Waals surface area contributed by atoms with Crippen LogP contribution in [0.15, 0.2) is 24.3 Å². The Morgan fingerprint density at radius 2 is 1.69 bits per heavy atom. The Bertz CT molecular complexity index is 1010. The molecule has 0 aromatic rings. The summed E-state index contributed by atoms with van der Waals surface area (Å²) in [6, 6.07) is 0. The van der Waals surface area contributed by atoms with Crippen molar-refractivity contribution in [3.8, 4) is 0 Å². The maximum absolute atomic E-state index is 11.3. The molecule has 0 N–H and O–H groups in total. The van der Waals surface area contributed by atoms with E-state index in [1.54, 1.807) is 0 Å². The second-order valence-electron chi connectivity index (χ2n) is 13.2. The molecule has 6 nitrogen and oxygen atoms in total. The van der Waals surface area contributed by atoms with Gasteiger partial charge in [-0.05, 0) is 73.7 Å². The average Bonchev–Trinajstić information content (AvgIpc) is 3.14. The van der Waals surface area contributed by atoms with Gasteiger partial charge in [-0.3, -0.25) is 4.18 Å². The summed E-state index contributed by atoms with van der Waals surface area (Å²) in [7, 11) is -4.75. The first-order chi connectivity index (χ1) is 16.3. The number of hydrogen-bond donors (Lipinski definition) is 0. The Labute approximate surface area is 240 Å². The molecule has 0 aromatic carbocycles. The Kier molecular flexibility index (Phi) is 7.90. The molecule has 2 spiro atoms. The molecule has 3 saturated carbocycles. The van der Waals surface area contributed by atoms with E-state index in [9.17, 15) is 13.0 Å². The monoisotopic (exact) mass is 530 g/mol. The number of fused-ring (bicyclic) bond motifs is 2. The summed E-state index contributed by atoms with van der Waals surface area (Å²) in [5.74, 6) is 3.06. The van der Waals surface area contributed by atoms with Gasteiger partial charge in [-0.25, -0.2) is 18.2 Å². The SMILES string of the molecule is CC(C)[C@H](C)/C=C/[C@@H](C)[C@H]1CC[C@@H]2[C@]1(C)CC[C@H]1[C@]23C=C[C@]2(C[C@@H](OS(=O)(=O)[O-])CC[C@]12C)OO3.[Na+]. The predicted octanol–water partition coefficient (Wildman–Crippen LogP) is 2.96. The van der Waals surface area contributed by atoms with E-state index in [0.29, 0.717) is 48.3 Å². The fourth-order valence-corrected chi connectivity index (χ4v) is 9.44. The molecule has 6 rings (SSSR count). The summed E-state index contributed by atoms with van der Waals surface area (Å²) in [4.78, 5) is 12.7. The van der Waals surface area contributed by atoms with Gasteiger partial charge in [0.15, 0.2) is 0 Å². The van der Waals surface area contributed by atoms with E-state index in [1.807, 2.05) is 0 Å². The van der Waals surface area contributed by atoms with Crippen molar-refractivity contribution in [2.75, 3.05) is 0 Å². The molecule has 4 aliphatic carbocycles. The maximum atomic E-state index is 11.3. The Morgan fingerprint density at radius 1 is 0.972 bits per heavy atom. The van der Waals surface area contributed by atoms with Crippen LogP contribution in [0.3, 0.4) is 0 Å². The van der Waals surface area contributed by atoms with E-state index < -0.39 is 27.7 Å². The van der Waals surface area contributed by atoms with Crippen molar-refractivity contribution in [2.45, 2.75) is 104 Å². The van der Waals surface area contributed by atoms with Gasteiger partial charge in [-0.1, -0.05) is 59.8 Å². The van der Waals surface area contributed by atoms with Crippen LogP contribution < -0.4 is 29.6 Å². The molecule has 0 unspecified atom stereocenters. The van der Waals surface area contributed by atoms with Crippen molar-refractivity contribution in [1.82, 2.24) is 0 Å². The van der Waals surface area contributed by atoms with Crippen molar-refractivity contribution in [2.24, 2.45) is 46.3 Å². The summed E-state index contributed by atoms with van der Waals surface area (Å²) in [6.45, 7) is 14.0. The van der Waals surface area contributed by atoms with Crippen LogP contribution in [0.1, 0.15) is 86.5 Å². The zero-order valence-corrected chi connectivity index (χ0v) is 26.0. The third-order valence-electron chi connectivity index (χ3n) is 11.3. The number of rotatable bonds is 6. The molecule has 8 heteroatoms. The third-order valence-corrected chi connectivity index (χ3v) is 11.8. The smallest absolute Gasteiger partial charge is 0.726 e. The molecule has 36 heavy (non-hydrogen) atoms. The van der Waals surface area contributed by atoms with E-state index in [1.165, 1.54) is 12.8 Å². The zero-order chi connectivity index (χ0) is 25.4. The fourth-order valence-electron chi connectivity index (χ4n) is 8.94. The first kappa shape index (κ1) is 29.3. The van der Waals surface area contributed by atoms with Gasteiger partial charge in [0, 0.05) is 23.7 Å². The summed E-state index contributed by atoms with van der Waals surface area (Å²) in [5, 5.41) is 0. The fraction of sp³-hybridized carbons (Fsp3) is 0.857. The Hall–Kier alpha value is 0.270. The van der Waals surface area contributed by atoms with Crippen LogP contribution >= 0.6 is 0 Å². The quantitative estimate of drug-likeness (QED) is 0.173. The van der Waals surface area contributed by atoms with E-state index in [0.717, 1.165) is 19.3 Å². The van der Waals surface area contributed by atoms with Gasteiger partial charge in [-0.15, -0.1) is 0 Å². The molecule has 10 atom stereocenters. The van der Waals surface area contributed by atoms with E-state index in [-0.39, 0.29) is 40.4 Å². The van der Waals surface area contributed by atoms with Crippen molar-refractivity contribution >= 4 is 10.4 Å². The van der Waals surface area contributed by atoms with Crippen LogP contribution in [0.5, 0.6) is 0 Å². The standard InChI is InChI=1S/C28H44O6S.Na/c1-18(2)19(3)7-8-20(4)22-9-10-23-25(22,5)13-12-24-26(6)14-11-21(32-35(29,30)31)17-27(26)15-16-28(23,24)34-33-27;/h7-8,15-16,18-24H,9-14,17H2,1-6H3,(H,29,30,31);/q;+1/p-1/b8-7+;/t19-,20-,21+,22-,23-,24-,25-,26-,27-,28+;/m1./s1. The average molecular weight is 531 g/mol. The Balaban J connectivity index is 0.00000304. The summed E-state index contributed by atoms with van der Waals surface area (Å²) >= 11 is 0. The van der Waals surface area contributed by atoms with Gasteiger partial charge in [0.25, 0.3) is 0 Å². The van der Waals surface area contributed by atoms with Crippen LogP contribution in [0, 0.1) is 46.3 Å². The molecular formula is C28H43NaO6S. The van der Waals surface area contributed by atoms with Gasteiger partial charge in [0.2, 0.25) is 10.4 Å². The van der Waals surface area contributed by atoms with Crippen LogP contribution in [0.25, 0.3) is 0 Å². The van der Waals surface area contributed by atoms with Crippen LogP contribution in [-0.4, -0.2) is 30.3 Å². The van der Waals surface area contributed by atoms with Gasteiger partial charge in [-0.2, -0.15) is 0 Å². The molecule has 4 fully saturated rings. The van der Waals surface area contributed by atoms with Crippen LogP contribution in [-0.2, 0) is 24.4 Å². The summed E-state index contributed by atoms with van der Waals surface area (Å²) in [6.07, 6.45) is 14.8. The molecular weight excluding hydrogens is 487 g/mol. The molecule has 0 aromatic heterocycles. The normalized spacial score (nSPS) is 47.2. The molecule has 2 aliphatic heterocycles. The zero-order valence-electron chi connectivity index (χ0n) is 23.2.